The number of Topliss-reactive ketones (excluding diaryl/α,β-unsaturated/α-hetero) is 1. The number of ketones is 1. The summed E-state index contributed by atoms with van der Waals surface area (Å²) in [7, 11) is 0. The number of carbonyl (C=O) groups is 2. The van der Waals surface area contributed by atoms with E-state index in [1.807, 2.05) is 12.1 Å². The maximum Gasteiger partial charge on any atom is 0.339 e. The summed E-state index contributed by atoms with van der Waals surface area (Å²) in [5.74, 6) is -0.901. The first-order valence-electron chi connectivity index (χ1n) is 7.73. The molecule has 0 saturated heterocycles. The zero-order valence-corrected chi connectivity index (χ0v) is 14.3. The minimum Gasteiger partial charge on any atom is -0.619 e. The van der Waals surface area contributed by atoms with E-state index < -0.39 is 12.1 Å². The van der Waals surface area contributed by atoms with Crippen LogP contribution >= 0.6 is 0 Å². The van der Waals surface area contributed by atoms with E-state index in [0.717, 1.165) is 5.56 Å². The Morgan fingerprint density at radius 3 is 2.04 bits per heavy atom. The van der Waals surface area contributed by atoms with Gasteiger partial charge in [0.1, 0.15) is 0 Å². The normalized spacial score (nSPS) is 12.5. The summed E-state index contributed by atoms with van der Waals surface area (Å²) in [6, 6.07) is 10.0. The lowest BCUT2D eigenvalue weighted by Gasteiger charge is -2.19. The van der Waals surface area contributed by atoms with Crippen molar-refractivity contribution in [1.82, 2.24) is 0 Å². The number of benzene rings is 1. The molecule has 0 N–H and O–H groups in total. The Bertz CT molecular complexity index is 727. The van der Waals surface area contributed by atoms with E-state index in [9.17, 15) is 14.8 Å². The number of nitrogens with zero attached hydrogens (tertiary/aromatic N) is 1. The second-order valence-corrected chi connectivity index (χ2v) is 6.69. The number of pyridine rings is 1. The van der Waals surface area contributed by atoms with Crippen molar-refractivity contribution in [1.29, 1.82) is 0 Å². The number of aromatic nitrogens is 1. The molecular formula is C19H21NO4. The Hall–Kier alpha value is -2.69. The van der Waals surface area contributed by atoms with Crippen LogP contribution in [0.2, 0.25) is 0 Å². The molecule has 0 aliphatic rings. The van der Waals surface area contributed by atoms with Gasteiger partial charge < -0.3 is 9.94 Å². The fourth-order valence-corrected chi connectivity index (χ4v) is 2.20. The fourth-order valence-electron chi connectivity index (χ4n) is 2.20. The molecule has 0 aliphatic carbocycles. The Balaban J connectivity index is 2.06. The van der Waals surface area contributed by atoms with Gasteiger partial charge in [0.05, 0.1) is 5.56 Å². The lowest BCUT2D eigenvalue weighted by Crippen LogP contribution is -2.27. The van der Waals surface area contributed by atoms with E-state index in [0.29, 0.717) is 10.3 Å². The number of esters is 1. The maximum atomic E-state index is 12.4. The highest BCUT2D eigenvalue weighted by molar-refractivity contribution is 6.01. The third-order valence-corrected chi connectivity index (χ3v) is 3.73. The SMILES string of the molecule is C[C@@H](OC(=O)c1cc[n+]([O-])cc1)C(=O)c1ccc(C(C)(C)C)cc1. The van der Waals surface area contributed by atoms with E-state index in [4.69, 9.17) is 4.74 Å². The highest BCUT2D eigenvalue weighted by Crippen LogP contribution is 2.22. The molecule has 1 atom stereocenters. The van der Waals surface area contributed by atoms with Crippen molar-refractivity contribution >= 4 is 11.8 Å². The Morgan fingerprint density at radius 2 is 1.54 bits per heavy atom. The van der Waals surface area contributed by atoms with Gasteiger partial charge in [0, 0.05) is 17.7 Å². The van der Waals surface area contributed by atoms with Crippen LogP contribution < -0.4 is 4.73 Å². The van der Waals surface area contributed by atoms with Crippen LogP contribution in [0.3, 0.4) is 0 Å². The summed E-state index contributed by atoms with van der Waals surface area (Å²) in [5.41, 5.74) is 1.85. The van der Waals surface area contributed by atoms with Crippen molar-refractivity contribution in [3.05, 3.63) is 70.7 Å². The van der Waals surface area contributed by atoms with Gasteiger partial charge in [-0.3, -0.25) is 4.79 Å². The molecule has 24 heavy (non-hydrogen) atoms. The molecule has 0 aliphatic heterocycles. The summed E-state index contributed by atoms with van der Waals surface area (Å²) >= 11 is 0. The third-order valence-electron chi connectivity index (χ3n) is 3.73. The molecule has 2 rings (SSSR count). The van der Waals surface area contributed by atoms with Crippen LogP contribution in [0.25, 0.3) is 0 Å². The van der Waals surface area contributed by atoms with Crippen LogP contribution in [0, 0.1) is 5.21 Å². The van der Waals surface area contributed by atoms with Gasteiger partial charge in [-0.1, -0.05) is 45.0 Å². The van der Waals surface area contributed by atoms with Crippen molar-refractivity contribution < 1.29 is 19.1 Å². The largest absolute Gasteiger partial charge is 0.619 e. The Morgan fingerprint density at radius 1 is 1.00 bits per heavy atom. The fraction of sp³-hybridized carbons (Fsp3) is 0.316. The molecular weight excluding hydrogens is 306 g/mol. The molecule has 0 spiro atoms. The quantitative estimate of drug-likeness (QED) is 0.374. The first kappa shape index (κ1) is 17.7. The molecule has 0 saturated carbocycles. The van der Waals surface area contributed by atoms with Gasteiger partial charge in [0.2, 0.25) is 5.78 Å². The van der Waals surface area contributed by atoms with Crippen molar-refractivity contribution in [3.63, 3.8) is 0 Å². The molecule has 2 aromatic rings. The number of hydrogen-bond donors (Lipinski definition) is 0. The van der Waals surface area contributed by atoms with Crippen LogP contribution in [0.1, 0.15) is 54.0 Å². The van der Waals surface area contributed by atoms with E-state index in [2.05, 4.69) is 20.8 Å². The van der Waals surface area contributed by atoms with Gasteiger partial charge in [-0.15, -0.1) is 0 Å². The molecule has 0 fully saturated rings. The molecule has 5 nitrogen and oxygen atoms in total. The van der Waals surface area contributed by atoms with Crippen LogP contribution in [-0.4, -0.2) is 17.9 Å². The molecule has 1 aromatic carbocycles. The average molecular weight is 327 g/mol. The highest BCUT2D eigenvalue weighted by atomic mass is 16.5. The zero-order chi connectivity index (χ0) is 17.9. The molecule has 5 heteroatoms. The van der Waals surface area contributed by atoms with E-state index in [-0.39, 0.29) is 16.8 Å². The summed E-state index contributed by atoms with van der Waals surface area (Å²) in [4.78, 5) is 24.4. The summed E-state index contributed by atoms with van der Waals surface area (Å²) in [6.45, 7) is 7.83. The monoisotopic (exact) mass is 327 g/mol. The van der Waals surface area contributed by atoms with Crippen molar-refractivity contribution in [2.24, 2.45) is 0 Å². The number of carbonyl (C=O) groups excluding carboxylic acids is 2. The summed E-state index contributed by atoms with van der Waals surface area (Å²) in [6.07, 6.45) is 1.50. The predicted octanol–water partition coefficient (Wildman–Crippen LogP) is 3.05. The second-order valence-electron chi connectivity index (χ2n) is 6.69. The van der Waals surface area contributed by atoms with Gasteiger partial charge in [-0.25, -0.2) is 4.79 Å². The Kier molecular flexibility index (Phi) is 5.02. The second kappa shape index (κ2) is 6.83. The number of rotatable bonds is 4. The average Bonchev–Trinajstić information content (AvgIpc) is 2.54. The van der Waals surface area contributed by atoms with Gasteiger partial charge in [-0.05, 0) is 17.9 Å². The number of hydrogen-bond acceptors (Lipinski definition) is 4. The molecule has 0 unspecified atom stereocenters. The van der Waals surface area contributed by atoms with Crippen LogP contribution in [0.15, 0.2) is 48.8 Å². The standard InChI is InChI=1S/C19H21NO4/c1-13(24-18(22)15-9-11-20(23)12-10-15)17(21)14-5-7-16(8-6-14)19(2,3)4/h5-13H,1-4H3/t13-/m1/s1. The van der Waals surface area contributed by atoms with Crippen molar-refractivity contribution in [2.75, 3.05) is 0 Å². The van der Waals surface area contributed by atoms with E-state index in [1.54, 1.807) is 12.1 Å². The highest BCUT2D eigenvalue weighted by Gasteiger charge is 2.21. The lowest BCUT2D eigenvalue weighted by molar-refractivity contribution is -0.605. The minimum atomic E-state index is -0.905. The van der Waals surface area contributed by atoms with Gasteiger partial charge >= 0.3 is 5.97 Å². The van der Waals surface area contributed by atoms with Crippen LogP contribution in [-0.2, 0) is 10.2 Å². The van der Waals surface area contributed by atoms with Gasteiger partial charge in [-0.2, -0.15) is 4.73 Å². The minimum absolute atomic E-state index is 0.00535. The van der Waals surface area contributed by atoms with Gasteiger partial charge in [0.25, 0.3) is 0 Å². The molecule has 1 aromatic heterocycles. The predicted molar refractivity (Wildman–Crippen MR) is 89.8 cm³/mol. The molecule has 0 bridgehead atoms. The summed E-state index contributed by atoms with van der Waals surface area (Å²) < 4.78 is 5.76. The topological polar surface area (TPSA) is 70.3 Å². The molecule has 1 heterocycles. The molecule has 126 valence electrons. The van der Waals surface area contributed by atoms with Crippen molar-refractivity contribution in [3.8, 4) is 0 Å². The van der Waals surface area contributed by atoms with Crippen molar-refractivity contribution in [2.45, 2.75) is 39.2 Å². The third kappa shape index (κ3) is 4.19. The van der Waals surface area contributed by atoms with E-state index >= 15 is 0 Å². The smallest absolute Gasteiger partial charge is 0.339 e. The first-order chi connectivity index (χ1) is 11.2. The van der Waals surface area contributed by atoms with Crippen LogP contribution in [0.5, 0.6) is 0 Å². The van der Waals surface area contributed by atoms with Gasteiger partial charge in [0.15, 0.2) is 18.5 Å². The van der Waals surface area contributed by atoms with Crippen LogP contribution in [0.4, 0.5) is 0 Å². The lowest BCUT2D eigenvalue weighted by atomic mass is 9.86. The zero-order valence-electron chi connectivity index (χ0n) is 14.3. The number of ether oxygens (including phenoxy) is 1. The van der Waals surface area contributed by atoms with E-state index in [1.165, 1.54) is 31.5 Å². The molecule has 0 amide bonds. The first-order valence-corrected chi connectivity index (χ1v) is 7.73. The molecule has 0 radical (unpaired) electrons. The Labute approximate surface area is 141 Å². The maximum absolute atomic E-state index is 12.4. The summed E-state index contributed by atoms with van der Waals surface area (Å²) in [5, 5.41) is 11.0.